The minimum atomic E-state index is -0.300. The third-order valence-corrected chi connectivity index (χ3v) is 5.64. The molecule has 0 bridgehead atoms. The van der Waals surface area contributed by atoms with Gasteiger partial charge in [-0.05, 0) is 30.7 Å². The smallest absolute Gasteiger partial charge is 0.200 e. The number of aromatic hydroxyl groups is 1. The molecule has 176 valence electrons. The first-order chi connectivity index (χ1) is 15.6. The van der Waals surface area contributed by atoms with Gasteiger partial charge in [0.25, 0.3) is 0 Å². The van der Waals surface area contributed by atoms with Crippen molar-refractivity contribution in [3.63, 3.8) is 0 Å². The number of unbranched alkanes of at least 4 members (excludes halogenated alkanes) is 9. The van der Waals surface area contributed by atoms with Crippen molar-refractivity contribution in [3.05, 3.63) is 47.5 Å². The lowest BCUT2D eigenvalue weighted by Gasteiger charge is -2.13. The highest BCUT2D eigenvalue weighted by Crippen LogP contribution is 2.31. The van der Waals surface area contributed by atoms with Crippen molar-refractivity contribution in [2.24, 2.45) is 0 Å². The van der Waals surface area contributed by atoms with Crippen molar-refractivity contribution >= 4 is 5.78 Å². The molecular weight excluding hydrogens is 404 g/mol. The van der Waals surface area contributed by atoms with Crippen LogP contribution in [0.1, 0.15) is 87.1 Å². The number of benzene rings is 2. The number of carbonyl (C=O) groups is 1. The number of methoxy groups -OCH3 is 2. The zero-order valence-corrected chi connectivity index (χ0v) is 19.8. The molecule has 0 aliphatic rings. The monoisotopic (exact) mass is 442 g/mol. The minimum Gasteiger partial charge on any atom is -0.507 e. The topological polar surface area (TPSA) is 65.0 Å². The van der Waals surface area contributed by atoms with Crippen molar-refractivity contribution in [3.8, 4) is 23.0 Å². The summed E-state index contributed by atoms with van der Waals surface area (Å²) in [6.45, 7) is 2.79. The van der Waals surface area contributed by atoms with Gasteiger partial charge in [-0.2, -0.15) is 0 Å². The average molecular weight is 443 g/mol. The van der Waals surface area contributed by atoms with Crippen LogP contribution in [0.4, 0.5) is 0 Å². The lowest BCUT2D eigenvalue weighted by molar-refractivity contribution is 0.103. The Morgan fingerprint density at radius 2 is 1.28 bits per heavy atom. The van der Waals surface area contributed by atoms with Crippen molar-refractivity contribution in [2.45, 2.75) is 71.1 Å². The van der Waals surface area contributed by atoms with E-state index in [1.807, 2.05) is 0 Å². The van der Waals surface area contributed by atoms with Gasteiger partial charge in [0.05, 0.1) is 32.0 Å². The van der Waals surface area contributed by atoms with Gasteiger partial charge in [-0.1, -0.05) is 64.7 Å². The molecule has 2 aromatic rings. The van der Waals surface area contributed by atoms with Crippen LogP contribution in [0.2, 0.25) is 0 Å². The van der Waals surface area contributed by atoms with E-state index in [0.29, 0.717) is 29.4 Å². The summed E-state index contributed by atoms with van der Waals surface area (Å²) in [5, 5.41) is 10.3. The van der Waals surface area contributed by atoms with Crippen LogP contribution in [0, 0.1) is 0 Å². The predicted molar refractivity (Wildman–Crippen MR) is 128 cm³/mol. The van der Waals surface area contributed by atoms with Crippen LogP contribution in [0.3, 0.4) is 0 Å². The first kappa shape index (κ1) is 25.6. The fourth-order valence-electron chi connectivity index (χ4n) is 3.68. The van der Waals surface area contributed by atoms with Gasteiger partial charge in [0.1, 0.15) is 23.0 Å². The molecule has 2 rings (SSSR count). The van der Waals surface area contributed by atoms with Crippen LogP contribution in [-0.2, 0) is 0 Å². The molecule has 0 radical (unpaired) electrons. The van der Waals surface area contributed by atoms with Crippen LogP contribution in [0.15, 0.2) is 36.4 Å². The summed E-state index contributed by atoms with van der Waals surface area (Å²) in [7, 11) is 3.09. The predicted octanol–water partition coefficient (Wildman–Crippen LogP) is 6.94. The Kier molecular flexibility index (Phi) is 11.5. The highest BCUT2D eigenvalue weighted by Gasteiger charge is 2.19. The van der Waals surface area contributed by atoms with Gasteiger partial charge in [0.15, 0.2) is 5.78 Å². The first-order valence-electron chi connectivity index (χ1n) is 11.8. The number of ether oxygens (including phenoxy) is 3. The van der Waals surface area contributed by atoms with Gasteiger partial charge < -0.3 is 19.3 Å². The molecule has 0 saturated carbocycles. The third-order valence-electron chi connectivity index (χ3n) is 5.64. The van der Waals surface area contributed by atoms with Gasteiger partial charge in [-0.15, -0.1) is 0 Å². The maximum Gasteiger partial charge on any atom is 0.200 e. The Balaban J connectivity index is 1.88. The van der Waals surface area contributed by atoms with Crippen molar-refractivity contribution in [1.29, 1.82) is 0 Å². The molecule has 0 saturated heterocycles. The fourth-order valence-corrected chi connectivity index (χ4v) is 3.68. The molecule has 0 fully saturated rings. The Hall–Kier alpha value is -2.69. The van der Waals surface area contributed by atoms with E-state index in [1.54, 1.807) is 37.4 Å². The van der Waals surface area contributed by atoms with E-state index >= 15 is 0 Å². The highest BCUT2D eigenvalue weighted by molar-refractivity contribution is 6.12. The Morgan fingerprint density at radius 3 is 1.84 bits per heavy atom. The zero-order valence-electron chi connectivity index (χ0n) is 19.8. The SMILES string of the molecule is CCCCCCCCCCCCOc1cc(OC)ccc1C(=O)c1ccc(OC)cc1O. The molecule has 0 aromatic heterocycles. The van der Waals surface area contributed by atoms with Crippen molar-refractivity contribution in [1.82, 2.24) is 0 Å². The average Bonchev–Trinajstić information content (AvgIpc) is 2.81. The molecule has 0 aliphatic carbocycles. The van der Waals surface area contributed by atoms with Crippen molar-refractivity contribution < 1.29 is 24.1 Å². The largest absolute Gasteiger partial charge is 0.507 e. The van der Waals surface area contributed by atoms with E-state index in [-0.39, 0.29) is 17.1 Å². The number of ketones is 1. The number of carbonyl (C=O) groups excluding carboxylic acids is 1. The summed E-state index contributed by atoms with van der Waals surface area (Å²) < 4.78 is 16.4. The van der Waals surface area contributed by atoms with Crippen LogP contribution in [0.25, 0.3) is 0 Å². The zero-order chi connectivity index (χ0) is 23.2. The summed E-state index contributed by atoms with van der Waals surface area (Å²) in [6, 6.07) is 9.78. The highest BCUT2D eigenvalue weighted by atomic mass is 16.5. The van der Waals surface area contributed by atoms with Gasteiger partial charge in [-0.25, -0.2) is 0 Å². The molecule has 5 heteroatoms. The lowest BCUT2D eigenvalue weighted by atomic mass is 10.0. The number of phenols is 1. The molecule has 0 unspecified atom stereocenters. The van der Waals surface area contributed by atoms with E-state index in [0.717, 1.165) is 12.8 Å². The lowest BCUT2D eigenvalue weighted by Crippen LogP contribution is -2.07. The summed E-state index contributed by atoms with van der Waals surface area (Å²) >= 11 is 0. The molecule has 32 heavy (non-hydrogen) atoms. The van der Waals surface area contributed by atoms with Gasteiger partial charge in [-0.3, -0.25) is 4.79 Å². The Bertz CT molecular complexity index is 831. The summed E-state index contributed by atoms with van der Waals surface area (Å²) in [6.07, 6.45) is 12.5. The van der Waals surface area contributed by atoms with Crippen LogP contribution in [-0.4, -0.2) is 31.7 Å². The van der Waals surface area contributed by atoms with E-state index in [1.165, 1.54) is 64.5 Å². The maximum absolute atomic E-state index is 13.1. The van der Waals surface area contributed by atoms with Crippen LogP contribution < -0.4 is 14.2 Å². The molecule has 0 heterocycles. The molecular formula is C27H38O5. The summed E-state index contributed by atoms with van der Waals surface area (Å²) in [5.41, 5.74) is 0.609. The Morgan fingerprint density at radius 1 is 0.750 bits per heavy atom. The number of rotatable bonds is 16. The quantitative estimate of drug-likeness (QED) is 0.225. The van der Waals surface area contributed by atoms with E-state index in [4.69, 9.17) is 14.2 Å². The molecule has 2 aromatic carbocycles. The normalized spacial score (nSPS) is 10.7. The van der Waals surface area contributed by atoms with Gasteiger partial charge in [0, 0.05) is 12.1 Å². The van der Waals surface area contributed by atoms with Gasteiger partial charge >= 0.3 is 0 Å². The maximum atomic E-state index is 13.1. The second-order valence-corrected chi connectivity index (χ2v) is 8.10. The summed E-state index contributed by atoms with van der Waals surface area (Å²) in [4.78, 5) is 13.1. The number of hydrogen-bond acceptors (Lipinski definition) is 5. The second kappa shape index (κ2) is 14.4. The second-order valence-electron chi connectivity index (χ2n) is 8.10. The van der Waals surface area contributed by atoms with Crippen LogP contribution >= 0.6 is 0 Å². The first-order valence-corrected chi connectivity index (χ1v) is 11.8. The number of phenolic OH excluding ortho intramolecular Hbond substituents is 1. The van der Waals surface area contributed by atoms with Crippen molar-refractivity contribution in [2.75, 3.05) is 20.8 Å². The molecule has 0 amide bonds. The molecule has 0 atom stereocenters. The fraction of sp³-hybridized carbons (Fsp3) is 0.519. The van der Waals surface area contributed by atoms with E-state index in [2.05, 4.69) is 6.92 Å². The van der Waals surface area contributed by atoms with Crippen LogP contribution in [0.5, 0.6) is 23.0 Å². The molecule has 0 aliphatic heterocycles. The minimum absolute atomic E-state index is 0.120. The van der Waals surface area contributed by atoms with E-state index in [9.17, 15) is 9.90 Å². The molecule has 0 spiro atoms. The standard InChI is InChI=1S/C27H38O5/c1-4-5-6-7-8-9-10-11-12-13-18-32-26-20-22(31-3)15-17-24(26)27(29)23-16-14-21(30-2)19-25(23)28/h14-17,19-20,28H,4-13,18H2,1-3H3. The third kappa shape index (κ3) is 8.10. The molecule has 5 nitrogen and oxygen atoms in total. The molecule has 1 N–H and O–H groups in total. The number of hydrogen-bond donors (Lipinski definition) is 1. The van der Waals surface area contributed by atoms with E-state index < -0.39 is 0 Å². The van der Waals surface area contributed by atoms with Gasteiger partial charge in [0.2, 0.25) is 0 Å². The Labute approximate surface area is 192 Å². The summed E-state index contributed by atoms with van der Waals surface area (Å²) in [5.74, 6) is 1.17.